The molecule has 1 fully saturated rings. The minimum Gasteiger partial charge on any atom is -0.391 e. The van der Waals surface area contributed by atoms with Gasteiger partial charge in [0.15, 0.2) is 0 Å². The average molecular weight is 257 g/mol. The number of nitrogens with two attached hydrogens (primary N) is 1. The van der Waals surface area contributed by atoms with Gasteiger partial charge in [-0.3, -0.25) is 0 Å². The van der Waals surface area contributed by atoms with Crippen LogP contribution in [0.15, 0.2) is 0 Å². The summed E-state index contributed by atoms with van der Waals surface area (Å²) in [6, 6.07) is 0. The summed E-state index contributed by atoms with van der Waals surface area (Å²) in [5.74, 6) is 0.888. The molecule has 0 aromatic heterocycles. The molecule has 1 atom stereocenters. The predicted octanol–water partition coefficient (Wildman–Crippen LogP) is 2.71. The second-order valence-electron chi connectivity index (χ2n) is 5.95. The van der Waals surface area contributed by atoms with Gasteiger partial charge >= 0.3 is 0 Å². The molecule has 0 amide bonds. The van der Waals surface area contributed by atoms with Crippen LogP contribution < -0.4 is 5.73 Å². The van der Waals surface area contributed by atoms with Crippen molar-refractivity contribution in [3.05, 3.63) is 0 Å². The predicted molar refractivity (Wildman–Crippen MR) is 75.5 cm³/mol. The van der Waals surface area contributed by atoms with Crippen molar-refractivity contribution < 1.29 is 9.84 Å². The highest BCUT2D eigenvalue weighted by Gasteiger charge is 2.35. The minimum absolute atomic E-state index is 0.167. The Kier molecular flexibility index (Phi) is 7.20. The molecule has 18 heavy (non-hydrogen) atoms. The van der Waals surface area contributed by atoms with Crippen molar-refractivity contribution in [3.63, 3.8) is 0 Å². The highest BCUT2D eigenvalue weighted by Crippen LogP contribution is 2.42. The number of aliphatic hydroxyl groups excluding tert-OH is 1. The van der Waals surface area contributed by atoms with Gasteiger partial charge in [0.1, 0.15) is 0 Å². The molecule has 0 aromatic carbocycles. The molecule has 0 heterocycles. The molecule has 0 aliphatic heterocycles. The summed E-state index contributed by atoms with van der Waals surface area (Å²) in [5, 5.41) is 10.0. The van der Waals surface area contributed by atoms with E-state index in [0.29, 0.717) is 19.8 Å². The van der Waals surface area contributed by atoms with Gasteiger partial charge in [0, 0.05) is 6.61 Å². The summed E-state index contributed by atoms with van der Waals surface area (Å²) in [5.41, 5.74) is 6.15. The third-order valence-electron chi connectivity index (χ3n) is 4.48. The van der Waals surface area contributed by atoms with E-state index >= 15 is 0 Å². The van der Waals surface area contributed by atoms with Gasteiger partial charge in [-0.15, -0.1) is 0 Å². The van der Waals surface area contributed by atoms with E-state index in [4.69, 9.17) is 10.5 Å². The summed E-state index contributed by atoms with van der Waals surface area (Å²) in [6.07, 6.45) is 8.02. The Morgan fingerprint density at radius 2 is 2.00 bits per heavy atom. The fraction of sp³-hybridized carbons (Fsp3) is 1.00. The molecule has 0 radical (unpaired) electrons. The van der Waals surface area contributed by atoms with E-state index in [1.165, 1.54) is 38.5 Å². The lowest BCUT2D eigenvalue weighted by molar-refractivity contribution is -0.0000190. The molecule has 0 bridgehead atoms. The molecular formula is C15H31NO2. The first kappa shape index (κ1) is 15.9. The van der Waals surface area contributed by atoms with E-state index in [-0.39, 0.29) is 11.5 Å². The largest absolute Gasteiger partial charge is 0.391 e. The summed E-state index contributed by atoms with van der Waals surface area (Å²) in [7, 11) is 0. The molecule has 0 spiro atoms. The first-order chi connectivity index (χ1) is 8.65. The smallest absolute Gasteiger partial charge is 0.0779 e. The van der Waals surface area contributed by atoms with E-state index in [1.807, 2.05) is 6.92 Å². The zero-order chi connectivity index (χ0) is 13.4. The second kappa shape index (κ2) is 8.13. The van der Waals surface area contributed by atoms with Crippen LogP contribution in [0.4, 0.5) is 0 Å². The van der Waals surface area contributed by atoms with Crippen molar-refractivity contribution in [2.75, 3.05) is 19.8 Å². The van der Waals surface area contributed by atoms with Gasteiger partial charge in [0.2, 0.25) is 0 Å². The SMILES string of the molecule is CCCC1CCC(CN)(CC(O)COCC)CC1. The third-order valence-corrected chi connectivity index (χ3v) is 4.48. The van der Waals surface area contributed by atoms with E-state index in [0.717, 1.165) is 12.3 Å². The maximum absolute atomic E-state index is 10.0. The first-order valence-electron chi connectivity index (χ1n) is 7.61. The number of hydrogen-bond acceptors (Lipinski definition) is 3. The summed E-state index contributed by atoms with van der Waals surface area (Å²) < 4.78 is 5.30. The quantitative estimate of drug-likeness (QED) is 0.703. The molecule has 0 saturated heterocycles. The first-order valence-corrected chi connectivity index (χ1v) is 7.61. The van der Waals surface area contributed by atoms with Crippen LogP contribution >= 0.6 is 0 Å². The van der Waals surface area contributed by atoms with E-state index in [1.54, 1.807) is 0 Å². The molecule has 1 aliphatic carbocycles. The molecule has 3 nitrogen and oxygen atoms in total. The molecular weight excluding hydrogens is 226 g/mol. The van der Waals surface area contributed by atoms with Crippen LogP contribution in [0, 0.1) is 11.3 Å². The Labute approximate surface area is 112 Å². The lowest BCUT2D eigenvalue weighted by atomic mass is 9.67. The zero-order valence-electron chi connectivity index (χ0n) is 12.2. The van der Waals surface area contributed by atoms with Crippen molar-refractivity contribution in [2.45, 2.75) is 64.9 Å². The van der Waals surface area contributed by atoms with Crippen LogP contribution in [0.25, 0.3) is 0 Å². The standard InChI is InChI=1S/C15H31NO2/c1-3-5-13-6-8-15(12-16,9-7-13)10-14(17)11-18-4-2/h13-14,17H,3-12,16H2,1-2H3. The highest BCUT2D eigenvalue weighted by molar-refractivity contribution is 4.88. The Bertz CT molecular complexity index is 213. The van der Waals surface area contributed by atoms with Gasteiger partial charge in [-0.25, -0.2) is 0 Å². The van der Waals surface area contributed by atoms with Crippen LogP contribution in [-0.2, 0) is 4.74 Å². The number of ether oxygens (including phenoxy) is 1. The maximum atomic E-state index is 10.0. The minimum atomic E-state index is -0.351. The van der Waals surface area contributed by atoms with Crippen molar-refractivity contribution in [3.8, 4) is 0 Å². The molecule has 1 rings (SSSR count). The number of hydrogen-bond donors (Lipinski definition) is 2. The number of aliphatic hydroxyl groups is 1. The zero-order valence-corrected chi connectivity index (χ0v) is 12.2. The average Bonchev–Trinajstić information content (AvgIpc) is 2.39. The lowest BCUT2D eigenvalue weighted by Gasteiger charge is -2.40. The van der Waals surface area contributed by atoms with Crippen LogP contribution in [-0.4, -0.2) is 31.0 Å². The third kappa shape index (κ3) is 4.87. The Balaban J connectivity index is 2.40. The Morgan fingerprint density at radius 1 is 1.33 bits per heavy atom. The lowest BCUT2D eigenvalue weighted by Crippen LogP contribution is -2.39. The maximum Gasteiger partial charge on any atom is 0.0779 e. The van der Waals surface area contributed by atoms with Crippen molar-refractivity contribution in [1.29, 1.82) is 0 Å². The van der Waals surface area contributed by atoms with Crippen LogP contribution in [0.5, 0.6) is 0 Å². The van der Waals surface area contributed by atoms with Gasteiger partial charge in [-0.2, -0.15) is 0 Å². The Morgan fingerprint density at radius 3 is 2.50 bits per heavy atom. The molecule has 3 N–H and O–H groups in total. The van der Waals surface area contributed by atoms with Gasteiger partial charge < -0.3 is 15.6 Å². The van der Waals surface area contributed by atoms with Crippen LogP contribution in [0.2, 0.25) is 0 Å². The normalized spacial score (nSPS) is 30.3. The molecule has 1 saturated carbocycles. The molecule has 1 aliphatic rings. The summed E-state index contributed by atoms with van der Waals surface area (Å²) in [4.78, 5) is 0. The molecule has 0 aromatic rings. The van der Waals surface area contributed by atoms with Crippen LogP contribution in [0.3, 0.4) is 0 Å². The topological polar surface area (TPSA) is 55.5 Å². The van der Waals surface area contributed by atoms with Crippen molar-refractivity contribution in [2.24, 2.45) is 17.1 Å². The number of rotatable bonds is 8. The fourth-order valence-electron chi connectivity index (χ4n) is 3.29. The Hall–Kier alpha value is -0.120. The monoisotopic (exact) mass is 257 g/mol. The summed E-state index contributed by atoms with van der Waals surface area (Å²) in [6.45, 7) is 6.05. The molecule has 1 unspecified atom stereocenters. The van der Waals surface area contributed by atoms with Crippen LogP contribution in [0.1, 0.15) is 58.8 Å². The van der Waals surface area contributed by atoms with E-state index in [2.05, 4.69) is 6.92 Å². The van der Waals surface area contributed by atoms with Crippen molar-refractivity contribution >= 4 is 0 Å². The molecule has 3 heteroatoms. The van der Waals surface area contributed by atoms with Gasteiger partial charge in [0.05, 0.1) is 12.7 Å². The summed E-state index contributed by atoms with van der Waals surface area (Å²) >= 11 is 0. The van der Waals surface area contributed by atoms with E-state index < -0.39 is 0 Å². The second-order valence-corrected chi connectivity index (χ2v) is 5.95. The fourth-order valence-corrected chi connectivity index (χ4v) is 3.29. The van der Waals surface area contributed by atoms with Gasteiger partial charge in [-0.05, 0) is 56.9 Å². The van der Waals surface area contributed by atoms with Crippen molar-refractivity contribution in [1.82, 2.24) is 0 Å². The van der Waals surface area contributed by atoms with Gasteiger partial charge in [0.25, 0.3) is 0 Å². The molecule has 108 valence electrons. The van der Waals surface area contributed by atoms with Gasteiger partial charge in [-0.1, -0.05) is 19.8 Å². The van der Waals surface area contributed by atoms with E-state index in [9.17, 15) is 5.11 Å². The highest BCUT2D eigenvalue weighted by atomic mass is 16.5.